The Labute approximate surface area is 86.8 Å². The van der Waals surface area contributed by atoms with Crippen molar-refractivity contribution < 1.29 is 32.7 Å². The van der Waals surface area contributed by atoms with Gasteiger partial charge >= 0.3 is 18.1 Å². The number of hydrogen-bond acceptors (Lipinski definition) is 3. The maximum absolute atomic E-state index is 11.9. The van der Waals surface area contributed by atoms with E-state index >= 15 is 0 Å². The first-order valence-corrected chi connectivity index (χ1v) is 4.00. The molecule has 0 atom stereocenters. The van der Waals surface area contributed by atoms with Gasteiger partial charge in [0.25, 0.3) is 0 Å². The molecule has 6 nitrogen and oxygen atoms in total. The van der Waals surface area contributed by atoms with Crippen LogP contribution in [0.15, 0.2) is 0 Å². The number of carboxylic acid groups (broad SMARTS) is 1. The van der Waals surface area contributed by atoms with Gasteiger partial charge in [0.2, 0.25) is 5.91 Å². The highest BCUT2D eigenvalue weighted by molar-refractivity contribution is 6.04. The number of halogens is 3. The lowest BCUT2D eigenvalue weighted by Gasteiger charge is -2.44. The van der Waals surface area contributed by atoms with E-state index in [2.05, 4.69) is 0 Å². The predicted octanol–water partition coefficient (Wildman–Crippen LogP) is -1.05. The number of nitrogens with two attached hydrogens (primary N) is 1. The summed E-state index contributed by atoms with van der Waals surface area (Å²) in [6.07, 6.45) is -5.08. The summed E-state index contributed by atoms with van der Waals surface area (Å²) in [7, 11) is 0. The summed E-state index contributed by atoms with van der Waals surface area (Å²) in [4.78, 5) is 32.3. The summed E-state index contributed by atoms with van der Waals surface area (Å²) in [6, 6.07) is 0. The monoisotopic (exact) mass is 240 g/mol. The molecule has 1 aliphatic heterocycles. The quantitative estimate of drug-likeness (QED) is 0.601. The number of likely N-dealkylation sites (tertiary alicyclic amines) is 1. The van der Waals surface area contributed by atoms with Gasteiger partial charge in [-0.3, -0.25) is 14.4 Å². The number of amides is 2. The lowest BCUT2D eigenvalue weighted by Crippen LogP contribution is -2.69. The molecule has 0 saturated carbocycles. The van der Waals surface area contributed by atoms with Crippen molar-refractivity contribution in [3.63, 3.8) is 0 Å². The smallest absolute Gasteiger partial charge is 0.471 e. The van der Waals surface area contributed by atoms with Crippen molar-refractivity contribution in [1.82, 2.24) is 4.90 Å². The molecule has 1 aliphatic rings. The zero-order valence-electron chi connectivity index (χ0n) is 7.74. The average molecular weight is 240 g/mol. The Hall–Kier alpha value is -1.80. The van der Waals surface area contributed by atoms with Crippen LogP contribution in [-0.4, -0.2) is 47.1 Å². The fourth-order valence-corrected chi connectivity index (χ4v) is 1.32. The van der Waals surface area contributed by atoms with E-state index in [1.54, 1.807) is 0 Å². The van der Waals surface area contributed by atoms with E-state index < -0.39 is 42.5 Å². The average Bonchev–Trinajstić information content (AvgIpc) is 1.98. The molecule has 1 heterocycles. The largest absolute Gasteiger partial charge is 0.480 e. The predicted molar refractivity (Wildman–Crippen MR) is 41.9 cm³/mol. The molecule has 9 heteroatoms. The molecular weight excluding hydrogens is 233 g/mol. The summed E-state index contributed by atoms with van der Waals surface area (Å²) in [5.74, 6) is -5.07. The van der Waals surface area contributed by atoms with Crippen LogP contribution in [0.3, 0.4) is 0 Å². The second-order valence-corrected chi connectivity index (χ2v) is 3.41. The van der Waals surface area contributed by atoms with Gasteiger partial charge in [0.15, 0.2) is 5.41 Å². The summed E-state index contributed by atoms with van der Waals surface area (Å²) in [5.41, 5.74) is 2.67. The van der Waals surface area contributed by atoms with Crippen molar-refractivity contribution in [2.24, 2.45) is 11.1 Å². The molecular formula is C7H7F3N2O4. The number of alkyl halides is 3. The number of rotatable bonds is 2. The number of hydrogen-bond donors (Lipinski definition) is 2. The molecule has 1 fully saturated rings. The van der Waals surface area contributed by atoms with Crippen molar-refractivity contribution >= 4 is 17.8 Å². The number of carbonyl (C=O) groups excluding carboxylic acids is 2. The number of nitrogens with zero attached hydrogens (tertiary/aromatic N) is 1. The first-order chi connectivity index (χ1) is 7.11. The highest BCUT2D eigenvalue weighted by atomic mass is 19.4. The van der Waals surface area contributed by atoms with Gasteiger partial charge in [-0.15, -0.1) is 0 Å². The number of carboxylic acids is 1. The van der Waals surface area contributed by atoms with Crippen molar-refractivity contribution in [3.05, 3.63) is 0 Å². The Morgan fingerprint density at radius 1 is 1.25 bits per heavy atom. The molecule has 0 bridgehead atoms. The molecule has 0 aliphatic carbocycles. The van der Waals surface area contributed by atoms with Gasteiger partial charge in [-0.05, 0) is 0 Å². The number of carbonyl (C=O) groups is 3. The van der Waals surface area contributed by atoms with Crippen molar-refractivity contribution in [2.45, 2.75) is 6.18 Å². The van der Waals surface area contributed by atoms with Crippen LogP contribution in [0.25, 0.3) is 0 Å². The first kappa shape index (κ1) is 12.3. The van der Waals surface area contributed by atoms with Crippen LogP contribution in [0.4, 0.5) is 13.2 Å². The van der Waals surface area contributed by atoms with Crippen molar-refractivity contribution in [3.8, 4) is 0 Å². The molecule has 0 unspecified atom stereocenters. The topological polar surface area (TPSA) is 101 Å². The summed E-state index contributed by atoms with van der Waals surface area (Å²) in [5, 5.41) is 8.64. The van der Waals surface area contributed by atoms with Crippen LogP contribution < -0.4 is 5.73 Å². The molecule has 2 amide bonds. The van der Waals surface area contributed by atoms with Crippen molar-refractivity contribution in [1.29, 1.82) is 0 Å². The van der Waals surface area contributed by atoms with Gasteiger partial charge in [-0.1, -0.05) is 0 Å². The Morgan fingerprint density at radius 3 is 1.94 bits per heavy atom. The van der Waals surface area contributed by atoms with Crippen LogP contribution >= 0.6 is 0 Å². The van der Waals surface area contributed by atoms with Crippen LogP contribution in [0.5, 0.6) is 0 Å². The van der Waals surface area contributed by atoms with Gasteiger partial charge in [-0.25, -0.2) is 0 Å². The minimum atomic E-state index is -5.08. The number of primary amides is 1. The summed E-state index contributed by atoms with van der Waals surface area (Å²) in [6.45, 7) is -1.70. The Kier molecular flexibility index (Phi) is 2.57. The number of aliphatic carboxylic acids is 1. The minimum absolute atomic E-state index is 0.221. The van der Waals surface area contributed by atoms with E-state index in [-0.39, 0.29) is 4.90 Å². The maximum Gasteiger partial charge on any atom is 0.471 e. The van der Waals surface area contributed by atoms with E-state index in [1.807, 2.05) is 0 Å². The van der Waals surface area contributed by atoms with Crippen LogP contribution in [0.2, 0.25) is 0 Å². The standard InChI is InChI=1S/C7H7F3N2O4/c8-7(9,10)4(14)12-1-6(2-12,3(11)13)5(15)16/h1-2H2,(H2,11,13)(H,15,16). The van der Waals surface area contributed by atoms with Gasteiger partial charge in [-0.2, -0.15) is 13.2 Å². The van der Waals surface area contributed by atoms with Crippen LogP contribution in [0.1, 0.15) is 0 Å². The normalized spacial score (nSPS) is 18.8. The molecule has 0 radical (unpaired) electrons. The van der Waals surface area contributed by atoms with E-state index in [0.29, 0.717) is 0 Å². The third kappa shape index (κ3) is 1.68. The molecule has 0 aromatic rings. The van der Waals surface area contributed by atoms with Gasteiger partial charge in [0.1, 0.15) is 0 Å². The lowest BCUT2D eigenvalue weighted by molar-refractivity contribution is -0.199. The van der Waals surface area contributed by atoms with Crippen molar-refractivity contribution in [2.75, 3.05) is 13.1 Å². The van der Waals surface area contributed by atoms with E-state index in [4.69, 9.17) is 10.8 Å². The molecule has 0 spiro atoms. The fraction of sp³-hybridized carbons (Fsp3) is 0.571. The van der Waals surface area contributed by atoms with Gasteiger partial charge in [0, 0.05) is 13.1 Å². The fourth-order valence-electron chi connectivity index (χ4n) is 1.32. The Balaban J connectivity index is 2.77. The molecule has 1 saturated heterocycles. The zero-order chi connectivity index (χ0) is 12.7. The van der Waals surface area contributed by atoms with Crippen LogP contribution in [0, 0.1) is 5.41 Å². The van der Waals surface area contributed by atoms with Crippen LogP contribution in [-0.2, 0) is 14.4 Å². The molecule has 1 rings (SSSR count). The Bertz CT molecular complexity index is 343. The highest BCUT2D eigenvalue weighted by Crippen LogP contribution is 2.33. The summed E-state index contributed by atoms with van der Waals surface area (Å²) >= 11 is 0. The zero-order valence-corrected chi connectivity index (χ0v) is 7.74. The van der Waals surface area contributed by atoms with E-state index in [9.17, 15) is 27.6 Å². The third-order valence-corrected chi connectivity index (χ3v) is 2.33. The molecule has 0 aromatic heterocycles. The Morgan fingerprint density at radius 2 is 1.69 bits per heavy atom. The molecule has 90 valence electrons. The first-order valence-electron chi connectivity index (χ1n) is 4.00. The minimum Gasteiger partial charge on any atom is -0.480 e. The molecule has 3 N–H and O–H groups in total. The van der Waals surface area contributed by atoms with Gasteiger partial charge < -0.3 is 15.7 Å². The SMILES string of the molecule is NC(=O)C1(C(=O)O)CN(C(=O)C(F)(F)F)C1. The third-order valence-electron chi connectivity index (χ3n) is 2.33. The second kappa shape index (κ2) is 3.35. The van der Waals surface area contributed by atoms with E-state index in [1.165, 1.54) is 0 Å². The highest BCUT2D eigenvalue weighted by Gasteiger charge is 2.59. The lowest BCUT2D eigenvalue weighted by atomic mass is 9.79. The maximum atomic E-state index is 11.9. The summed E-state index contributed by atoms with van der Waals surface area (Å²) < 4.78 is 35.8. The second-order valence-electron chi connectivity index (χ2n) is 3.41. The van der Waals surface area contributed by atoms with E-state index in [0.717, 1.165) is 0 Å². The molecule has 0 aromatic carbocycles. The van der Waals surface area contributed by atoms with Gasteiger partial charge in [0.05, 0.1) is 0 Å². The molecule has 16 heavy (non-hydrogen) atoms.